The number of carbonyl (C=O) groups excluding carboxylic acids is 1. The number of thioether (sulfide) groups is 1. The first-order valence-corrected chi connectivity index (χ1v) is 6.57. The lowest BCUT2D eigenvalue weighted by molar-refractivity contribution is -0.116. The number of ketones is 1. The normalized spacial score (nSPS) is 12.5. The number of Topliss-reactive ketones (excluding diaryl/α,β-unsaturated/α-hetero) is 1. The summed E-state index contributed by atoms with van der Waals surface area (Å²) in [4.78, 5) is 12.4. The van der Waals surface area contributed by atoms with Gasteiger partial charge in [0.05, 0.1) is 0 Å². The SMILES string of the molecule is CCc1ccc(C(Cl)C(C)=O)cc1SC. The Morgan fingerprint density at radius 1 is 1.53 bits per heavy atom. The Bertz CT molecular complexity index is 363. The Balaban J connectivity index is 3.07. The van der Waals surface area contributed by atoms with E-state index < -0.39 is 5.38 Å². The molecule has 0 saturated heterocycles. The highest BCUT2D eigenvalue weighted by Crippen LogP contribution is 2.28. The monoisotopic (exact) mass is 242 g/mol. The van der Waals surface area contributed by atoms with E-state index in [0.717, 1.165) is 12.0 Å². The van der Waals surface area contributed by atoms with Crippen molar-refractivity contribution in [2.24, 2.45) is 0 Å². The van der Waals surface area contributed by atoms with Crippen LogP contribution in [-0.2, 0) is 11.2 Å². The first kappa shape index (κ1) is 12.6. The van der Waals surface area contributed by atoms with Gasteiger partial charge in [0.2, 0.25) is 0 Å². The summed E-state index contributed by atoms with van der Waals surface area (Å²) in [5, 5.41) is -0.512. The first-order chi connectivity index (χ1) is 7.10. The van der Waals surface area contributed by atoms with E-state index in [9.17, 15) is 4.79 Å². The molecule has 0 saturated carbocycles. The molecule has 0 bridgehead atoms. The minimum Gasteiger partial charge on any atom is -0.298 e. The van der Waals surface area contributed by atoms with Crippen molar-refractivity contribution in [3.05, 3.63) is 29.3 Å². The van der Waals surface area contributed by atoms with Crippen LogP contribution < -0.4 is 0 Å². The van der Waals surface area contributed by atoms with Crippen LogP contribution in [-0.4, -0.2) is 12.0 Å². The summed E-state index contributed by atoms with van der Waals surface area (Å²) in [5.74, 6) is -0.00651. The molecule has 0 fully saturated rings. The average Bonchev–Trinajstić information content (AvgIpc) is 2.26. The van der Waals surface area contributed by atoms with Gasteiger partial charge in [0.15, 0.2) is 5.78 Å². The molecule has 1 unspecified atom stereocenters. The molecule has 0 amide bonds. The number of hydrogen-bond donors (Lipinski definition) is 0. The van der Waals surface area contributed by atoms with Crippen LogP contribution in [0.15, 0.2) is 23.1 Å². The molecule has 1 aromatic rings. The van der Waals surface area contributed by atoms with Crippen LogP contribution in [0.5, 0.6) is 0 Å². The molecule has 0 aromatic heterocycles. The van der Waals surface area contributed by atoms with Gasteiger partial charge in [-0.2, -0.15) is 0 Å². The summed E-state index contributed by atoms with van der Waals surface area (Å²) < 4.78 is 0. The molecule has 1 atom stereocenters. The quantitative estimate of drug-likeness (QED) is 0.590. The van der Waals surface area contributed by atoms with Gasteiger partial charge in [-0.1, -0.05) is 19.1 Å². The standard InChI is InChI=1S/C12H15ClOS/c1-4-9-5-6-10(7-11(9)15-3)12(13)8(2)14/h5-7,12H,4H2,1-3H3. The summed E-state index contributed by atoms with van der Waals surface area (Å²) in [6.45, 7) is 3.64. The first-order valence-electron chi connectivity index (χ1n) is 4.91. The van der Waals surface area contributed by atoms with Crippen molar-refractivity contribution in [3.63, 3.8) is 0 Å². The summed E-state index contributed by atoms with van der Waals surface area (Å²) in [7, 11) is 0. The van der Waals surface area contributed by atoms with Crippen molar-refractivity contribution in [1.82, 2.24) is 0 Å². The van der Waals surface area contributed by atoms with Gasteiger partial charge in [-0.05, 0) is 36.8 Å². The molecule has 15 heavy (non-hydrogen) atoms. The highest BCUT2D eigenvalue weighted by Gasteiger charge is 2.14. The second-order valence-electron chi connectivity index (χ2n) is 3.40. The Morgan fingerprint density at radius 3 is 2.67 bits per heavy atom. The molecule has 3 heteroatoms. The van der Waals surface area contributed by atoms with E-state index in [-0.39, 0.29) is 5.78 Å². The molecule has 1 aromatic carbocycles. The smallest absolute Gasteiger partial charge is 0.152 e. The highest BCUT2D eigenvalue weighted by molar-refractivity contribution is 7.98. The largest absolute Gasteiger partial charge is 0.298 e. The molecule has 0 radical (unpaired) electrons. The lowest BCUT2D eigenvalue weighted by Gasteiger charge is -2.10. The van der Waals surface area contributed by atoms with Crippen LogP contribution in [0, 0.1) is 0 Å². The fourth-order valence-corrected chi connectivity index (χ4v) is 2.31. The topological polar surface area (TPSA) is 17.1 Å². The minimum absolute atomic E-state index is 0.00651. The lowest BCUT2D eigenvalue weighted by atomic mass is 10.1. The maximum atomic E-state index is 11.2. The summed E-state index contributed by atoms with van der Waals surface area (Å²) in [5.41, 5.74) is 2.20. The summed E-state index contributed by atoms with van der Waals surface area (Å²) in [6, 6.07) is 6.01. The third-order valence-electron chi connectivity index (χ3n) is 2.34. The average molecular weight is 243 g/mol. The second kappa shape index (κ2) is 5.57. The summed E-state index contributed by atoms with van der Waals surface area (Å²) in [6.07, 6.45) is 3.04. The fraction of sp³-hybridized carbons (Fsp3) is 0.417. The predicted octanol–water partition coefficient (Wildman–Crippen LogP) is 3.84. The zero-order valence-corrected chi connectivity index (χ0v) is 10.8. The molecule has 0 spiro atoms. The van der Waals surface area contributed by atoms with Crippen molar-refractivity contribution < 1.29 is 4.79 Å². The van der Waals surface area contributed by atoms with E-state index >= 15 is 0 Å². The predicted molar refractivity (Wildman–Crippen MR) is 66.9 cm³/mol. The number of aryl methyl sites for hydroxylation is 1. The Morgan fingerprint density at radius 2 is 2.20 bits per heavy atom. The van der Waals surface area contributed by atoms with E-state index in [4.69, 9.17) is 11.6 Å². The van der Waals surface area contributed by atoms with Gasteiger partial charge in [0.1, 0.15) is 5.38 Å². The van der Waals surface area contributed by atoms with Gasteiger partial charge < -0.3 is 0 Å². The molecule has 0 aliphatic rings. The molecular formula is C12H15ClOS. The molecular weight excluding hydrogens is 228 g/mol. The van der Waals surface area contributed by atoms with E-state index in [1.807, 2.05) is 18.4 Å². The van der Waals surface area contributed by atoms with Crippen LogP contribution in [0.1, 0.15) is 30.4 Å². The third-order valence-corrected chi connectivity index (χ3v) is 3.72. The van der Waals surface area contributed by atoms with E-state index in [2.05, 4.69) is 13.0 Å². The Hall–Kier alpha value is -0.470. The van der Waals surface area contributed by atoms with Gasteiger partial charge in [0, 0.05) is 4.90 Å². The number of hydrogen-bond acceptors (Lipinski definition) is 2. The van der Waals surface area contributed by atoms with Crippen molar-refractivity contribution in [2.45, 2.75) is 30.5 Å². The maximum absolute atomic E-state index is 11.2. The van der Waals surface area contributed by atoms with E-state index in [1.165, 1.54) is 17.4 Å². The number of carbonyl (C=O) groups is 1. The second-order valence-corrected chi connectivity index (χ2v) is 4.68. The van der Waals surface area contributed by atoms with Gasteiger partial charge in [-0.15, -0.1) is 23.4 Å². The van der Waals surface area contributed by atoms with Crippen molar-refractivity contribution in [2.75, 3.05) is 6.26 Å². The molecule has 1 rings (SSSR count). The fourth-order valence-electron chi connectivity index (χ4n) is 1.45. The van der Waals surface area contributed by atoms with Crippen LogP contribution in [0.25, 0.3) is 0 Å². The third kappa shape index (κ3) is 2.99. The lowest BCUT2D eigenvalue weighted by Crippen LogP contribution is -2.02. The molecule has 1 nitrogen and oxygen atoms in total. The molecule has 82 valence electrons. The Labute approximate surface area is 100 Å². The van der Waals surface area contributed by atoms with E-state index in [1.54, 1.807) is 11.8 Å². The van der Waals surface area contributed by atoms with Crippen molar-refractivity contribution in [1.29, 1.82) is 0 Å². The van der Waals surface area contributed by atoms with Gasteiger partial charge in [0.25, 0.3) is 0 Å². The molecule has 0 heterocycles. The zero-order chi connectivity index (χ0) is 11.4. The maximum Gasteiger partial charge on any atom is 0.152 e. The van der Waals surface area contributed by atoms with Crippen LogP contribution in [0.2, 0.25) is 0 Å². The summed E-state index contributed by atoms with van der Waals surface area (Å²) >= 11 is 7.70. The van der Waals surface area contributed by atoms with Crippen molar-refractivity contribution in [3.8, 4) is 0 Å². The van der Waals surface area contributed by atoms with Gasteiger partial charge >= 0.3 is 0 Å². The number of alkyl halides is 1. The van der Waals surface area contributed by atoms with Crippen LogP contribution in [0.4, 0.5) is 0 Å². The molecule has 0 N–H and O–H groups in total. The van der Waals surface area contributed by atoms with Gasteiger partial charge in [-0.3, -0.25) is 4.79 Å². The minimum atomic E-state index is -0.512. The van der Waals surface area contributed by atoms with Crippen LogP contribution >= 0.6 is 23.4 Å². The number of halogens is 1. The molecule has 0 aliphatic carbocycles. The van der Waals surface area contributed by atoms with E-state index in [0.29, 0.717) is 0 Å². The van der Waals surface area contributed by atoms with Gasteiger partial charge in [-0.25, -0.2) is 0 Å². The number of benzene rings is 1. The van der Waals surface area contributed by atoms with Crippen molar-refractivity contribution >= 4 is 29.1 Å². The highest BCUT2D eigenvalue weighted by atomic mass is 35.5. The number of rotatable bonds is 4. The Kier molecular flexibility index (Phi) is 4.68. The zero-order valence-electron chi connectivity index (χ0n) is 9.21. The molecule has 0 aliphatic heterocycles. The van der Waals surface area contributed by atoms with Crippen LogP contribution in [0.3, 0.4) is 0 Å².